The molecular formula is C14H25ClN4O. The Morgan fingerprint density at radius 2 is 2.10 bits per heavy atom. The molecule has 0 fully saturated rings. The van der Waals surface area contributed by atoms with E-state index in [1.54, 1.807) is 0 Å². The second-order valence-electron chi connectivity index (χ2n) is 5.18. The van der Waals surface area contributed by atoms with Crippen molar-refractivity contribution < 1.29 is 4.79 Å². The summed E-state index contributed by atoms with van der Waals surface area (Å²) >= 11 is 6.30. The Labute approximate surface area is 126 Å². The van der Waals surface area contributed by atoms with Crippen molar-refractivity contribution in [3.63, 3.8) is 0 Å². The molecule has 20 heavy (non-hydrogen) atoms. The summed E-state index contributed by atoms with van der Waals surface area (Å²) in [6, 6.07) is 0. The van der Waals surface area contributed by atoms with Crippen molar-refractivity contribution in [3.05, 3.63) is 16.4 Å². The third-order valence-electron chi connectivity index (χ3n) is 2.98. The lowest BCUT2D eigenvalue weighted by Crippen LogP contribution is -2.35. The van der Waals surface area contributed by atoms with Crippen LogP contribution >= 0.6 is 11.6 Å². The molecular weight excluding hydrogens is 276 g/mol. The minimum Gasteiger partial charge on any atom is -0.355 e. The number of nitrogens with one attached hydrogen (secondary N) is 2. The molecule has 6 heteroatoms. The van der Waals surface area contributed by atoms with E-state index in [1.165, 1.54) is 0 Å². The smallest absolute Gasteiger partial charge is 0.233 e. The van der Waals surface area contributed by atoms with Gasteiger partial charge in [0.2, 0.25) is 5.91 Å². The molecule has 1 heterocycles. The van der Waals surface area contributed by atoms with Crippen LogP contribution in [0, 0.1) is 5.92 Å². The van der Waals surface area contributed by atoms with E-state index < -0.39 is 0 Å². The van der Waals surface area contributed by atoms with E-state index in [2.05, 4.69) is 29.6 Å². The molecule has 1 aromatic heterocycles. The Morgan fingerprint density at radius 1 is 1.40 bits per heavy atom. The number of hydrogen-bond donors (Lipinski definition) is 2. The molecule has 0 saturated carbocycles. The maximum Gasteiger partial charge on any atom is 0.233 e. The maximum absolute atomic E-state index is 11.6. The maximum atomic E-state index is 11.6. The molecule has 0 saturated heterocycles. The number of rotatable bonds is 8. The fourth-order valence-corrected chi connectivity index (χ4v) is 2.20. The lowest BCUT2D eigenvalue weighted by Gasteiger charge is -2.09. The molecule has 1 rings (SSSR count). The standard InChI is InChI=1S/C14H25ClN4O/c1-5-11-14(15)12(19(6-2)18-11)8-16-9-13(20)17-7-10(3)4/h10,16H,5-9H2,1-4H3,(H,17,20). The summed E-state index contributed by atoms with van der Waals surface area (Å²) in [6.07, 6.45) is 0.813. The van der Waals surface area contributed by atoms with Crippen LogP contribution in [0.2, 0.25) is 5.02 Å². The molecule has 1 aromatic rings. The second kappa shape index (κ2) is 8.27. The van der Waals surface area contributed by atoms with Crippen molar-refractivity contribution in [1.29, 1.82) is 0 Å². The van der Waals surface area contributed by atoms with Crippen LogP contribution in [0.1, 0.15) is 39.1 Å². The van der Waals surface area contributed by atoms with Crippen molar-refractivity contribution in [2.45, 2.75) is 47.2 Å². The Bertz CT molecular complexity index is 443. The number of carbonyl (C=O) groups excluding carboxylic acids is 1. The lowest BCUT2D eigenvalue weighted by molar-refractivity contribution is -0.120. The third-order valence-corrected chi connectivity index (χ3v) is 3.42. The van der Waals surface area contributed by atoms with Gasteiger partial charge in [-0.2, -0.15) is 5.10 Å². The van der Waals surface area contributed by atoms with Gasteiger partial charge in [-0.25, -0.2) is 0 Å². The van der Waals surface area contributed by atoms with Crippen LogP contribution < -0.4 is 10.6 Å². The number of aromatic nitrogens is 2. The predicted octanol–water partition coefficient (Wildman–Crippen LogP) is 1.98. The molecule has 0 radical (unpaired) electrons. The fraction of sp³-hybridized carbons (Fsp3) is 0.714. The van der Waals surface area contributed by atoms with Gasteiger partial charge in [0.1, 0.15) is 0 Å². The van der Waals surface area contributed by atoms with Crippen LogP contribution in [-0.2, 0) is 24.3 Å². The first-order valence-corrected chi connectivity index (χ1v) is 7.58. The zero-order chi connectivity index (χ0) is 15.1. The summed E-state index contributed by atoms with van der Waals surface area (Å²) in [5.41, 5.74) is 1.86. The Balaban J connectivity index is 2.49. The van der Waals surface area contributed by atoms with E-state index in [0.29, 0.717) is 30.6 Å². The summed E-state index contributed by atoms with van der Waals surface area (Å²) < 4.78 is 1.89. The highest BCUT2D eigenvalue weighted by Gasteiger charge is 2.14. The number of amides is 1. The van der Waals surface area contributed by atoms with Crippen molar-refractivity contribution in [2.24, 2.45) is 5.92 Å². The third kappa shape index (κ3) is 4.80. The van der Waals surface area contributed by atoms with Crippen LogP contribution in [0.3, 0.4) is 0 Å². The van der Waals surface area contributed by atoms with E-state index >= 15 is 0 Å². The average molecular weight is 301 g/mol. The molecule has 0 aliphatic heterocycles. The fourth-order valence-electron chi connectivity index (χ4n) is 1.86. The topological polar surface area (TPSA) is 59.0 Å². The Hall–Kier alpha value is -1.07. The van der Waals surface area contributed by atoms with E-state index in [-0.39, 0.29) is 5.91 Å². The molecule has 0 bridgehead atoms. The molecule has 0 aliphatic rings. The van der Waals surface area contributed by atoms with Crippen LogP contribution in [0.25, 0.3) is 0 Å². The van der Waals surface area contributed by atoms with E-state index in [4.69, 9.17) is 11.6 Å². The number of nitrogens with zero attached hydrogens (tertiary/aromatic N) is 2. The summed E-state index contributed by atoms with van der Waals surface area (Å²) in [5, 5.41) is 11.2. The van der Waals surface area contributed by atoms with Gasteiger partial charge in [-0.15, -0.1) is 0 Å². The number of halogens is 1. The molecule has 0 atom stereocenters. The first-order chi connectivity index (χ1) is 9.49. The van der Waals surface area contributed by atoms with Crippen LogP contribution in [-0.4, -0.2) is 28.8 Å². The van der Waals surface area contributed by atoms with Gasteiger partial charge in [0.05, 0.1) is 23.0 Å². The molecule has 0 unspecified atom stereocenters. The van der Waals surface area contributed by atoms with Crippen LogP contribution in [0.4, 0.5) is 0 Å². The predicted molar refractivity (Wildman–Crippen MR) is 81.8 cm³/mol. The molecule has 0 spiro atoms. The number of carbonyl (C=O) groups is 1. The number of aryl methyl sites for hydroxylation is 2. The molecule has 114 valence electrons. The van der Waals surface area contributed by atoms with E-state index in [1.807, 2.05) is 18.5 Å². The van der Waals surface area contributed by atoms with Crippen LogP contribution in [0.5, 0.6) is 0 Å². The molecule has 1 amide bonds. The van der Waals surface area contributed by atoms with Gasteiger partial charge in [-0.05, 0) is 19.3 Å². The van der Waals surface area contributed by atoms with Crippen LogP contribution in [0.15, 0.2) is 0 Å². The highest BCUT2D eigenvalue weighted by atomic mass is 35.5. The summed E-state index contributed by atoms with van der Waals surface area (Å²) in [6.45, 7) is 10.5. The normalized spacial score (nSPS) is 11.1. The van der Waals surface area contributed by atoms with Gasteiger partial charge in [0.25, 0.3) is 0 Å². The highest BCUT2D eigenvalue weighted by molar-refractivity contribution is 6.31. The van der Waals surface area contributed by atoms with Crippen molar-refractivity contribution in [1.82, 2.24) is 20.4 Å². The lowest BCUT2D eigenvalue weighted by atomic mass is 10.2. The van der Waals surface area contributed by atoms with Gasteiger partial charge in [-0.1, -0.05) is 32.4 Å². The highest BCUT2D eigenvalue weighted by Crippen LogP contribution is 2.21. The minimum absolute atomic E-state index is 0.00750. The van der Waals surface area contributed by atoms with Gasteiger partial charge in [-0.3, -0.25) is 9.48 Å². The van der Waals surface area contributed by atoms with E-state index in [0.717, 1.165) is 24.4 Å². The van der Waals surface area contributed by atoms with E-state index in [9.17, 15) is 4.79 Å². The monoisotopic (exact) mass is 300 g/mol. The largest absolute Gasteiger partial charge is 0.355 e. The van der Waals surface area contributed by atoms with Crippen molar-refractivity contribution in [3.8, 4) is 0 Å². The number of hydrogen-bond acceptors (Lipinski definition) is 3. The first kappa shape index (κ1) is 17.0. The average Bonchev–Trinajstić information content (AvgIpc) is 2.73. The van der Waals surface area contributed by atoms with Gasteiger partial charge >= 0.3 is 0 Å². The summed E-state index contributed by atoms with van der Waals surface area (Å²) in [4.78, 5) is 11.6. The molecule has 2 N–H and O–H groups in total. The zero-order valence-corrected chi connectivity index (χ0v) is 13.5. The van der Waals surface area contributed by atoms with Crippen molar-refractivity contribution >= 4 is 17.5 Å². The molecule has 0 aromatic carbocycles. The molecule has 5 nitrogen and oxygen atoms in total. The summed E-state index contributed by atoms with van der Waals surface area (Å²) in [7, 11) is 0. The first-order valence-electron chi connectivity index (χ1n) is 7.21. The van der Waals surface area contributed by atoms with Gasteiger partial charge in [0.15, 0.2) is 0 Å². The Morgan fingerprint density at radius 3 is 2.65 bits per heavy atom. The minimum atomic E-state index is 0.00750. The van der Waals surface area contributed by atoms with Gasteiger partial charge < -0.3 is 10.6 Å². The summed E-state index contributed by atoms with van der Waals surface area (Å²) in [5.74, 6) is 0.468. The molecule has 0 aliphatic carbocycles. The second-order valence-corrected chi connectivity index (χ2v) is 5.56. The van der Waals surface area contributed by atoms with Gasteiger partial charge in [0, 0.05) is 19.6 Å². The van der Waals surface area contributed by atoms with Crippen molar-refractivity contribution in [2.75, 3.05) is 13.1 Å². The Kier molecular flexibility index (Phi) is 7.02. The SMILES string of the molecule is CCc1nn(CC)c(CNCC(=O)NCC(C)C)c1Cl. The zero-order valence-electron chi connectivity index (χ0n) is 12.8. The quantitative estimate of drug-likeness (QED) is 0.772.